The van der Waals surface area contributed by atoms with E-state index in [1.807, 2.05) is 0 Å². The van der Waals surface area contributed by atoms with Crippen LogP contribution in [0.5, 0.6) is 5.75 Å². The van der Waals surface area contributed by atoms with Crippen LogP contribution < -0.4 is 10.5 Å². The van der Waals surface area contributed by atoms with Crippen molar-refractivity contribution in [3.05, 3.63) is 23.0 Å². The van der Waals surface area contributed by atoms with E-state index in [4.69, 9.17) is 5.73 Å². The van der Waals surface area contributed by atoms with Crippen molar-refractivity contribution in [3.63, 3.8) is 0 Å². The van der Waals surface area contributed by atoms with Gasteiger partial charge < -0.3 is 10.5 Å². The van der Waals surface area contributed by atoms with Crippen molar-refractivity contribution >= 4 is 6.29 Å². The van der Waals surface area contributed by atoms with Crippen LogP contribution >= 0.6 is 0 Å². The van der Waals surface area contributed by atoms with E-state index in [-0.39, 0.29) is 23.4 Å². The standard InChI is InChI=1S/C9H9F3N2O2/c1-5-8(16-9(10,11)12)7(2-13)6(4-15)3-14-5/h3-4H,2,13H2,1H3. The van der Waals surface area contributed by atoms with Crippen LogP contribution in [0, 0.1) is 6.92 Å². The van der Waals surface area contributed by atoms with E-state index in [1.54, 1.807) is 0 Å². The Morgan fingerprint density at radius 2 is 2.19 bits per heavy atom. The molecule has 1 heterocycles. The van der Waals surface area contributed by atoms with E-state index >= 15 is 0 Å². The molecule has 0 saturated carbocycles. The fraction of sp³-hybridized carbons (Fsp3) is 0.333. The third-order valence-electron chi connectivity index (χ3n) is 1.90. The van der Waals surface area contributed by atoms with Crippen LogP contribution in [0.3, 0.4) is 0 Å². The Balaban J connectivity index is 3.29. The van der Waals surface area contributed by atoms with Gasteiger partial charge in [0.25, 0.3) is 0 Å². The number of carbonyl (C=O) groups excluding carboxylic acids is 1. The number of rotatable bonds is 3. The molecule has 0 aliphatic carbocycles. The van der Waals surface area contributed by atoms with E-state index < -0.39 is 12.1 Å². The Labute approximate surface area is 89.2 Å². The minimum Gasteiger partial charge on any atom is -0.403 e. The van der Waals surface area contributed by atoms with Crippen molar-refractivity contribution < 1.29 is 22.7 Å². The predicted molar refractivity (Wildman–Crippen MR) is 48.9 cm³/mol. The van der Waals surface area contributed by atoms with Crippen LogP contribution in [-0.2, 0) is 6.54 Å². The molecule has 0 unspecified atom stereocenters. The highest BCUT2D eigenvalue weighted by molar-refractivity contribution is 5.78. The Morgan fingerprint density at radius 3 is 2.62 bits per heavy atom. The molecule has 16 heavy (non-hydrogen) atoms. The van der Waals surface area contributed by atoms with Crippen LogP contribution in [0.4, 0.5) is 13.2 Å². The fourth-order valence-corrected chi connectivity index (χ4v) is 1.22. The summed E-state index contributed by atoms with van der Waals surface area (Å²) in [4.78, 5) is 14.2. The van der Waals surface area contributed by atoms with Crippen molar-refractivity contribution in [2.45, 2.75) is 19.8 Å². The summed E-state index contributed by atoms with van der Waals surface area (Å²) in [6.07, 6.45) is -3.29. The van der Waals surface area contributed by atoms with E-state index in [0.717, 1.165) is 6.20 Å². The minimum atomic E-state index is -4.84. The lowest BCUT2D eigenvalue weighted by Gasteiger charge is -2.15. The van der Waals surface area contributed by atoms with E-state index in [2.05, 4.69) is 9.72 Å². The first-order chi connectivity index (χ1) is 7.39. The van der Waals surface area contributed by atoms with Gasteiger partial charge in [-0.15, -0.1) is 13.2 Å². The zero-order valence-electron chi connectivity index (χ0n) is 8.34. The van der Waals surface area contributed by atoms with Crippen molar-refractivity contribution in [3.8, 4) is 5.75 Å². The van der Waals surface area contributed by atoms with Gasteiger partial charge in [-0.2, -0.15) is 0 Å². The molecule has 0 radical (unpaired) electrons. The summed E-state index contributed by atoms with van der Waals surface area (Å²) in [6.45, 7) is 1.11. The molecule has 4 nitrogen and oxygen atoms in total. The smallest absolute Gasteiger partial charge is 0.403 e. The molecule has 1 aromatic heterocycles. The number of hydrogen-bond acceptors (Lipinski definition) is 4. The van der Waals surface area contributed by atoms with Crippen LogP contribution in [0.25, 0.3) is 0 Å². The molecule has 0 spiro atoms. The maximum Gasteiger partial charge on any atom is 0.573 e. The normalized spacial score (nSPS) is 11.3. The summed E-state index contributed by atoms with van der Waals surface area (Å²) >= 11 is 0. The summed E-state index contributed by atoms with van der Waals surface area (Å²) < 4.78 is 40.1. The largest absolute Gasteiger partial charge is 0.573 e. The predicted octanol–water partition coefficient (Wildman–Crippen LogP) is 1.56. The Morgan fingerprint density at radius 1 is 1.56 bits per heavy atom. The number of nitrogens with two attached hydrogens (primary N) is 1. The van der Waals surface area contributed by atoms with Gasteiger partial charge in [0.15, 0.2) is 12.0 Å². The van der Waals surface area contributed by atoms with Gasteiger partial charge in [-0.3, -0.25) is 9.78 Å². The Bertz CT molecular complexity index is 404. The number of halogens is 3. The first-order valence-electron chi connectivity index (χ1n) is 4.28. The topological polar surface area (TPSA) is 65.2 Å². The van der Waals surface area contributed by atoms with Crippen molar-refractivity contribution in [1.82, 2.24) is 4.98 Å². The number of carbonyl (C=O) groups is 1. The molecule has 0 saturated heterocycles. The van der Waals surface area contributed by atoms with Gasteiger partial charge in [0.1, 0.15) is 0 Å². The summed E-state index contributed by atoms with van der Waals surface area (Å²) in [6, 6.07) is 0. The van der Waals surface area contributed by atoms with Crippen molar-refractivity contribution in [1.29, 1.82) is 0 Å². The zero-order chi connectivity index (χ0) is 12.3. The molecule has 7 heteroatoms. The molecule has 0 atom stereocenters. The highest BCUT2D eigenvalue weighted by Crippen LogP contribution is 2.29. The third kappa shape index (κ3) is 2.69. The summed E-state index contributed by atoms with van der Waals surface area (Å²) in [7, 11) is 0. The quantitative estimate of drug-likeness (QED) is 0.806. The molecule has 1 aromatic rings. The molecule has 1 rings (SSSR count). The number of nitrogens with zero attached hydrogens (tertiary/aromatic N) is 1. The fourth-order valence-electron chi connectivity index (χ4n) is 1.22. The monoisotopic (exact) mass is 234 g/mol. The van der Waals surface area contributed by atoms with Crippen LogP contribution in [0.1, 0.15) is 21.6 Å². The maximum absolute atomic E-state index is 12.1. The number of aromatic nitrogens is 1. The number of aldehydes is 1. The van der Waals surface area contributed by atoms with E-state index in [1.165, 1.54) is 6.92 Å². The summed E-state index contributed by atoms with van der Waals surface area (Å²) in [5.74, 6) is -0.500. The third-order valence-corrected chi connectivity index (χ3v) is 1.90. The minimum absolute atomic E-state index is 0.000162. The molecule has 0 aliphatic rings. The Kier molecular flexibility index (Phi) is 3.48. The summed E-state index contributed by atoms with van der Waals surface area (Å²) in [5, 5.41) is 0. The number of hydrogen-bond donors (Lipinski definition) is 1. The molecule has 0 aromatic carbocycles. The van der Waals surface area contributed by atoms with Gasteiger partial charge >= 0.3 is 6.36 Å². The number of alkyl halides is 3. The average molecular weight is 234 g/mol. The van der Waals surface area contributed by atoms with Crippen molar-refractivity contribution in [2.75, 3.05) is 0 Å². The highest BCUT2D eigenvalue weighted by Gasteiger charge is 2.33. The number of pyridine rings is 1. The lowest BCUT2D eigenvalue weighted by Crippen LogP contribution is -2.20. The molecule has 88 valence electrons. The van der Waals surface area contributed by atoms with E-state index in [9.17, 15) is 18.0 Å². The van der Waals surface area contributed by atoms with Crippen LogP contribution in [0.2, 0.25) is 0 Å². The first-order valence-corrected chi connectivity index (χ1v) is 4.28. The summed E-state index contributed by atoms with van der Waals surface area (Å²) in [5.41, 5.74) is 5.30. The van der Waals surface area contributed by atoms with Crippen molar-refractivity contribution in [2.24, 2.45) is 5.73 Å². The van der Waals surface area contributed by atoms with E-state index in [0.29, 0.717) is 6.29 Å². The van der Waals surface area contributed by atoms with Crippen LogP contribution in [0.15, 0.2) is 6.20 Å². The zero-order valence-corrected chi connectivity index (χ0v) is 8.34. The van der Waals surface area contributed by atoms with Gasteiger partial charge in [0.05, 0.1) is 5.69 Å². The molecular weight excluding hydrogens is 225 g/mol. The van der Waals surface area contributed by atoms with Gasteiger partial charge in [-0.1, -0.05) is 0 Å². The highest BCUT2D eigenvalue weighted by atomic mass is 19.4. The number of aryl methyl sites for hydroxylation is 1. The second-order valence-corrected chi connectivity index (χ2v) is 2.98. The molecule has 0 fully saturated rings. The SMILES string of the molecule is Cc1ncc(C=O)c(CN)c1OC(F)(F)F. The van der Waals surface area contributed by atoms with Gasteiger partial charge in [-0.25, -0.2) is 0 Å². The lowest BCUT2D eigenvalue weighted by atomic mass is 10.1. The van der Waals surface area contributed by atoms with Crippen LogP contribution in [-0.4, -0.2) is 17.6 Å². The second kappa shape index (κ2) is 4.48. The van der Waals surface area contributed by atoms with Gasteiger partial charge in [0, 0.05) is 23.9 Å². The molecular formula is C9H9F3N2O2. The Hall–Kier alpha value is -1.63. The first kappa shape index (κ1) is 12.4. The molecule has 0 bridgehead atoms. The second-order valence-electron chi connectivity index (χ2n) is 2.98. The molecule has 0 aliphatic heterocycles. The molecule has 2 N–H and O–H groups in total. The lowest BCUT2D eigenvalue weighted by molar-refractivity contribution is -0.275. The molecule has 0 amide bonds. The van der Waals surface area contributed by atoms with Gasteiger partial charge in [0.2, 0.25) is 0 Å². The maximum atomic E-state index is 12.1. The van der Waals surface area contributed by atoms with Gasteiger partial charge in [-0.05, 0) is 6.92 Å². The average Bonchev–Trinajstić information content (AvgIpc) is 2.19. The number of ether oxygens (including phenoxy) is 1.